The van der Waals surface area contributed by atoms with Crippen molar-refractivity contribution in [1.29, 1.82) is 0 Å². The third-order valence-corrected chi connectivity index (χ3v) is 4.79. The highest BCUT2D eigenvalue weighted by molar-refractivity contribution is 6.42. The van der Waals surface area contributed by atoms with E-state index < -0.39 is 0 Å². The number of halogens is 2. The Bertz CT molecular complexity index is 1210. The van der Waals surface area contributed by atoms with Gasteiger partial charge in [-0.25, -0.2) is 10.1 Å². The van der Waals surface area contributed by atoms with E-state index in [1.54, 1.807) is 12.1 Å². The number of rotatable bonds is 4. The summed E-state index contributed by atoms with van der Waals surface area (Å²) < 4.78 is 5.19. The third-order valence-electron chi connectivity index (χ3n) is 4.07. The predicted molar refractivity (Wildman–Crippen MR) is 98.8 cm³/mol. The molecule has 6 nitrogen and oxygen atoms in total. The summed E-state index contributed by atoms with van der Waals surface area (Å²) in [6, 6.07) is 8.45. The van der Waals surface area contributed by atoms with Crippen LogP contribution in [0.3, 0.4) is 0 Å². The number of H-pyrrole nitrogens is 1. The van der Waals surface area contributed by atoms with Crippen LogP contribution >= 0.6 is 23.2 Å². The van der Waals surface area contributed by atoms with Crippen molar-refractivity contribution in [2.75, 3.05) is 0 Å². The van der Waals surface area contributed by atoms with Crippen molar-refractivity contribution in [1.82, 2.24) is 15.2 Å². The minimum Gasteiger partial charge on any atom is -0.443 e. The van der Waals surface area contributed by atoms with Crippen LogP contribution in [-0.4, -0.2) is 21.0 Å². The number of carbonyl (C=O) groups is 1. The van der Waals surface area contributed by atoms with Gasteiger partial charge in [-0.1, -0.05) is 29.3 Å². The summed E-state index contributed by atoms with van der Waals surface area (Å²) in [5.74, 6) is -0.0558. The maximum atomic E-state index is 12.5. The van der Waals surface area contributed by atoms with Gasteiger partial charge >= 0.3 is 0 Å². The fourth-order valence-corrected chi connectivity index (χ4v) is 3.16. The molecule has 2 heterocycles. The minimum absolute atomic E-state index is 0.0558. The number of oxazole rings is 1. The smallest absolute Gasteiger partial charge is 0.272 e. The van der Waals surface area contributed by atoms with E-state index in [0.717, 1.165) is 5.56 Å². The van der Waals surface area contributed by atoms with Crippen LogP contribution in [0.1, 0.15) is 11.3 Å². The monoisotopic (exact) mass is 387 g/mol. The van der Waals surface area contributed by atoms with E-state index in [2.05, 4.69) is 15.2 Å². The number of aromatic nitrogens is 3. The molecule has 0 aliphatic rings. The average molecular weight is 388 g/mol. The van der Waals surface area contributed by atoms with Gasteiger partial charge in [-0.15, -0.1) is 0 Å². The number of benzene rings is 2. The summed E-state index contributed by atoms with van der Waals surface area (Å²) in [7, 11) is 0. The fourth-order valence-electron chi connectivity index (χ4n) is 2.84. The summed E-state index contributed by atoms with van der Waals surface area (Å²) in [6.07, 6.45) is 1.63. The Balaban J connectivity index is 1.64. The zero-order valence-electron chi connectivity index (χ0n) is 13.3. The van der Waals surface area contributed by atoms with Crippen molar-refractivity contribution in [2.24, 2.45) is 0 Å². The summed E-state index contributed by atoms with van der Waals surface area (Å²) in [6.45, 7) is 0. The molecule has 8 heteroatoms. The molecule has 2 aromatic heterocycles. The molecular weight excluding hydrogens is 377 g/mol. The Kier molecular flexibility index (Phi) is 4.22. The molecule has 0 saturated heterocycles. The van der Waals surface area contributed by atoms with Crippen molar-refractivity contribution >= 4 is 50.9 Å². The fraction of sp³-hybridized carbons (Fsp3) is 0.111. The first-order valence-corrected chi connectivity index (χ1v) is 8.47. The number of aromatic amines is 1. The molecule has 0 atom stereocenters. The molecule has 0 unspecified atom stereocenters. The highest BCUT2D eigenvalue weighted by atomic mass is 35.5. The van der Waals surface area contributed by atoms with Crippen LogP contribution in [0.4, 0.5) is 0 Å². The Morgan fingerprint density at radius 3 is 2.65 bits per heavy atom. The molecule has 0 radical (unpaired) electrons. The topological polar surface area (TPSA) is 88.8 Å². The standard InChI is InChI=1S/C18H11Cl2N3O3/c19-13-6-11-12(7-14(13)20)18(25)23-22-15(11)5-10(24)3-9-1-2-17-16(4-9)21-8-26-17/h1-2,4,6-8H,3,5H2,(H,23,25). The lowest BCUT2D eigenvalue weighted by atomic mass is 10.0. The Hall–Kier alpha value is -2.70. The van der Waals surface area contributed by atoms with Crippen molar-refractivity contribution in [3.8, 4) is 0 Å². The summed E-state index contributed by atoms with van der Waals surface area (Å²) in [5.41, 5.74) is 2.26. The third kappa shape index (κ3) is 3.09. The Morgan fingerprint density at radius 2 is 1.85 bits per heavy atom. The van der Waals surface area contributed by atoms with Crippen LogP contribution in [0.15, 0.2) is 45.9 Å². The summed E-state index contributed by atoms with van der Waals surface area (Å²) >= 11 is 12.0. The normalized spacial score (nSPS) is 11.3. The maximum Gasteiger partial charge on any atom is 0.272 e. The minimum atomic E-state index is -0.383. The molecule has 4 rings (SSSR count). The Morgan fingerprint density at radius 1 is 1.08 bits per heavy atom. The zero-order valence-corrected chi connectivity index (χ0v) is 14.8. The van der Waals surface area contributed by atoms with E-state index in [-0.39, 0.29) is 29.2 Å². The first-order valence-electron chi connectivity index (χ1n) is 7.71. The van der Waals surface area contributed by atoms with E-state index in [4.69, 9.17) is 27.6 Å². The molecule has 4 aromatic rings. The predicted octanol–water partition coefficient (Wildman–Crippen LogP) is 3.73. The van der Waals surface area contributed by atoms with E-state index >= 15 is 0 Å². The van der Waals surface area contributed by atoms with Gasteiger partial charge in [0.2, 0.25) is 0 Å². The molecule has 0 spiro atoms. The maximum absolute atomic E-state index is 12.5. The van der Waals surface area contributed by atoms with Gasteiger partial charge in [0.25, 0.3) is 5.56 Å². The number of ketones is 1. The van der Waals surface area contributed by atoms with E-state index in [9.17, 15) is 9.59 Å². The van der Waals surface area contributed by atoms with Gasteiger partial charge in [0.15, 0.2) is 12.0 Å². The second-order valence-corrected chi connectivity index (χ2v) is 6.67. The van der Waals surface area contributed by atoms with Crippen LogP contribution in [0.2, 0.25) is 10.0 Å². The van der Waals surface area contributed by atoms with Crippen LogP contribution in [0, 0.1) is 0 Å². The average Bonchev–Trinajstić information content (AvgIpc) is 3.07. The molecule has 0 fully saturated rings. The van der Waals surface area contributed by atoms with Gasteiger partial charge in [0, 0.05) is 11.8 Å². The van der Waals surface area contributed by atoms with Gasteiger partial charge in [-0.3, -0.25) is 9.59 Å². The highest BCUT2D eigenvalue weighted by Crippen LogP contribution is 2.27. The highest BCUT2D eigenvalue weighted by Gasteiger charge is 2.14. The van der Waals surface area contributed by atoms with Gasteiger partial charge in [0.05, 0.1) is 27.5 Å². The molecule has 26 heavy (non-hydrogen) atoms. The van der Waals surface area contributed by atoms with E-state index in [1.807, 2.05) is 12.1 Å². The largest absolute Gasteiger partial charge is 0.443 e. The van der Waals surface area contributed by atoms with Crippen molar-refractivity contribution in [3.05, 3.63) is 68.4 Å². The molecule has 130 valence electrons. The molecule has 0 bridgehead atoms. The molecule has 0 amide bonds. The zero-order chi connectivity index (χ0) is 18.3. The molecule has 1 N–H and O–H groups in total. The van der Waals surface area contributed by atoms with Crippen LogP contribution < -0.4 is 5.56 Å². The molecular formula is C18H11Cl2N3O3. The molecule has 0 aliphatic carbocycles. The number of nitrogens with one attached hydrogen (secondary N) is 1. The van der Waals surface area contributed by atoms with Crippen molar-refractivity contribution in [2.45, 2.75) is 12.8 Å². The van der Waals surface area contributed by atoms with Gasteiger partial charge < -0.3 is 4.42 Å². The number of hydrogen-bond acceptors (Lipinski definition) is 5. The SMILES string of the molecule is O=C(Cc1ccc2ocnc2c1)Cc1n[nH]c(=O)c2cc(Cl)c(Cl)cc12. The quantitative estimate of drug-likeness (QED) is 0.576. The first-order chi connectivity index (χ1) is 12.5. The second-order valence-electron chi connectivity index (χ2n) is 5.86. The number of carbonyl (C=O) groups excluding carboxylic acids is 1. The number of nitrogens with zero attached hydrogens (tertiary/aromatic N) is 2. The van der Waals surface area contributed by atoms with Gasteiger partial charge in [-0.05, 0) is 29.8 Å². The number of Topliss-reactive ketones (excluding diaryl/α,β-unsaturated/α-hetero) is 1. The van der Waals surface area contributed by atoms with Crippen LogP contribution in [0.25, 0.3) is 21.9 Å². The van der Waals surface area contributed by atoms with Gasteiger partial charge in [-0.2, -0.15) is 5.10 Å². The Labute approximate surface area is 156 Å². The summed E-state index contributed by atoms with van der Waals surface area (Å²) in [4.78, 5) is 28.5. The van der Waals surface area contributed by atoms with E-state index in [1.165, 1.54) is 12.5 Å². The van der Waals surface area contributed by atoms with Crippen LogP contribution in [-0.2, 0) is 17.6 Å². The first kappa shape index (κ1) is 16.8. The summed E-state index contributed by atoms with van der Waals surface area (Å²) in [5, 5.41) is 7.85. The lowest BCUT2D eigenvalue weighted by molar-refractivity contribution is -0.117. The van der Waals surface area contributed by atoms with Crippen molar-refractivity contribution < 1.29 is 9.21 Å². The number of hydrogen-bond donors (Lipinski definition) is 1. The van der Waals surface area contributed by atoms with E-state index in [0.29, 0.717) is 32.6 Å². The lowest BCUT2D eigenvalue weighted by Gasteiger charge is -2.06. The molecule has 0 saturated carbocycles. The van der Waals surface area contributed by atoms with Crippen LogP contribution in [0.5, 0.6) is 0 Å². The van der Waals surface area contributed by atoms with Gasteiger partial charge in [0.1, 0.15) is 11.3 Å². The number of fused-ring (bicyclic) bond motifs is 2. The van der Waals surface area contributed by atoms with Crippen molar-refractivity contribution in [3.63, 3.8) is 0 Å². The second kappa shape index (κ2) is 6.55. The lowest BCUT2D eigenvalue weighted by Crippen LogP contribution is -2.15. The molecule has 2 aromatic carbocycles. The molecule has 0 aliphatic heterocycles.